The molecular formula is C19H22N4O4. The van der Waals surface area contributed by atoms with E-state index in [1.807, 2.05) is 17.7 Å². The summed E-state index contributed by atoms with van der Waals surface area (Å²) in [5.74, 6) is -1.53. The van der Waals surface area contributed by atoms with Crippen molar-refractivity contribution < 1.29 is 19.5 Å². The van der Waals surface area contributed by atoms with Gasteiger partial charge >= 0.3 is 17.8 Å². The van der Waals surface area contributed by atoms with Gasteiger partial charge in [0.1, 0.15) is 5.82 Å². The number of carboxylic acids is 1. The van der Waals surface area contributed by atoms with E-state index in [0.29, 0.717) is 24.3 Å². The number of nitrogens with zero attached hydrogens (tertiary/aromatic N) is 3. The van der Waals surface area contributed by atoms with Crippen LogP contribution in [-0.2, 0) is 26.3 Å². The lowest BCUT2D eigenvalue weighted by atomic mass is 9.85. The van der Waals surface area contributed by atoms with Crippen LogP contribution in [0.25, 0.3) is 0 Å². The van der Waals surface area contributed by atoms with Gasteiger partial charge < -0.3 is 19.9 Å². The van der Waals surface area contributed by atoms with Gasteiger partial charge in [-0.25, -0.2) is 4.98 Å². The van der Waals surface area contributed by atoms with Crippen LogP contribution in [0.1, 0.15) is 38.2 Å². The first kappa shape index (κ1) is 18.6. The lowest BCUT2D eigenvalue weighted by Gasteiger charge is -2.33. The molecule has 27 heavy (non-hydrogen) atoms. The van der Waals surface area contributed by atoms with Gasteiger partial charge in [0.15, 0.2) is 0 Å². The number of carbonyl (C=O) groups excluding carboxylic acids is 2. The molecule has 8 heteroatoms. The third-order valence-corrected chi connectivity index (χ3v) is 5.02. The second-order valence-electron chi connectivity index (χ2n) is 7.11. The maximum atomic E-state index is 12.6. The molecule has 1 aromatic carbocycles. The van der Waals surface area contributed by atoms with Gasteiger partial charge in [-0.05, 0) is 38.5 Å². The van der Waals surface area contributed by atoms with E-state index in [1.54, 1.807) is 44.3 Å². The molecule has 1 aliphatic heterocycles. The van der Waals surface area contributed by atoms with Crippen LogP contribution in [0.3, 0.4) is 0 Å². The maximum absolute atomic E-state index is 12.6. The molecule has 0 bridgehead atoms. The molecule has 1 unspecified atom stereocenters. The predicted octanol–water partition coefficient (Wildman–Crippen LogP) is 1.79. The summed E-state index contributed by atoms with van der Waals surface area (Å²) in [6.07, 6.45) is 3.54. The molecule has 0 spiro atoms. The Bertz CT molecular complexity index is 885. The van der Waals surface area contributed by atoms with Crippen LogP contribution >= 0.6 is 0 Å². The van der Waals surface area contributed by atoms with Crippen LogP contribution in [0, 0.1) is 0 Å². The number of anilines is 1. The standard InChI is InChI=1S/C19H22N4O4/c1-12-15-20-8-9-22(15)10-11-23(12)17(25)16(24)21-14-6-4-13(5-7-14)19(2,3)18(26)27/h4-9,12H,10-11H2,1-3H3,(H,21,24)(H,26,27). The summed E-state index contributed by atoms with van der Waals surface area (Å²) in [7, 11) is 0. The fourth-order valence-electron chi connectivity index (χ4n) is 3.11. The lowest BCUT2D eigenvalue weighted by Crippen LogP contribution is -2.46. The van der Waals surface area contributed by atoms with Crippen LogP contribution in [0.15, 0.2) is 36.7 Å². The maximum Gasteiger partial charge on any atom is 0.313 e. The molecule has 1 atom stereocenters. The molecule has 0 saturated carbocycles. The van der Waals surface area contributed by atoms with Gasteiger partial charge in [0.2, 0.25) is 0 Å². The first-order valence-electron chi connectivity index (χ1n) is 8.68. The number of rotatable bonds is 3. The molecule has 3 rings (SSSR count). The number of carbonyl (C=O) groups is 3. The molecule has 0 radical (unpaired) electrons. The Morgan fingerprint density at radius 3 is 2.48 bits per heavy atom. The van der Waals surface area contributed by atoms with Crippen LogP contribution in [-0.4, -0.2) is 43.9 Å². The van der Waals surface area contributed by atoms with Gasteiger partial charge in [0, 0.05) is 31.2 Å². The SMILES string of the molecule is CC1c2nccn2CCN1C(=O)C(=O)Nc1ccc(C(C)(C)C(=O)O)cc1. The average Bonchev–Trinajstić information content (AvgIpc) is 3.11. The first-order chi connectivity index (χ1) is 12.7. The van der Waals surface area contributed by atoms with Crippen molar-refractivity contribution in [1.29, 1.82) is 0 Å². The highest BCUT2D eigenvalue weighted by molar-refractivity contribution is 6.39. The topological polar surface area (TPSA) is 105 Å². The number of nitrogens with one attached hydrogen (secondary N) is 1. The number of benzene rings is 1. The second kappa shape index (κ2) is 6.86. The molecule has 2 amide bonds. The molecule has 2 aromatic rings. The largest absolute Gasteiger partial charge is 0.481 e. The molecule has 0 saturated heterocycles. The molecule has 1 aliphatic rings. The highest BCUT2D eigenvalue weighted by Crippen LogP contribution is 2.26. The minimum Gasteiger partial charge on any atom is -0.481 e. The van der Waals surface area contributed by atoms with E-state index >= 15 is 0 Å². The smallest absolute Gasteiger partial charge is 0.313 e. The Morgan fingerprint density at radius 2 is 1.85 bits per heavy atom. The molecular weight excluding hydrogens is 348 g/mol. The summed E-state index contributed by atoms with van der Waals surface area (Å²) in [4.78, 5) is 42.0. The van der Waals surface area contributed by atoms with Gasteiger partial charge in [-0.1, -0.05) is 12.1 Å². The van der Waals surface area contributed by atoms with E-state index in [4.69, 9.17) is 0 Å². The van der Waals surface area contributed by atoms with E-state index in [-0.39, 0.29) is 6.04 Å². The monoisotopic (exact) mass is 370 g/mol. The fourth-order valence-corrected chi connectivity index (χ4v) is 3.11. The number of aromatic nitrogens is 2. The third kappa shape index (κ3) is 3.42. The Balaban J connectivity index is 1.69. The van der Waals surface area contributed by atoms with E-state index in [2.05, 4.69) is 10.3 Å². The Morgan fingerprint density at radius 1 is 1.19 bits per heavy atom. The second-order valence-corrected chi connectivity index (χ2v) is 7.11. The zero-order chi connectivity index (χ0) is 19.8. The van der Waals surface area contributed by atoms with Crippen molar-refractivity contribution in [3.05, 3.63) is 48.0 Å². The lowest BCUT2D eigenvalue weighted by molar-refractivity contribution is -0.145. The summed E-state index contributed by atoms with van der Waals surface area (Å²) >= 11 is 0. The summed E-state index contributed by atoms with van der Waals surface area (Å²) in [5, 5.41) is 11.9. The van der Waals surface area contributed by atoms with Crippen molar-refractivity contribution >= 4 is 23.5 Å². The van der Waals surface area contributed by atoms with Crippen molar-refractivity contribution in [1.82, 2.24) is 14.5 Å². The van der Waals surface area contributed by atoms with Crippen molar-refractivity contribution in [2.45, 2.75) is 38.8 Å². The van der Waals surface area contributed by atoms with Gasteiger partial charge in [0.25, 0.3) is 0 Å². The number of hydrogen-bond donors (Lipinski definition) is 2. The van der Waals surface area contributed by atoms with Crippen LogP contribution < -0.4 is 5.32 Å². The molecule has 2 heterocycles. The highest BCUT2D eigenvalue weighted by atomic mass is 16.4. The van der Waals surface area contributed by atoms with Gasteiger partial charge in [-0.2, -0.15) is 0 Å². The highest BCUT2D eigenvalue weighted by Gasteiger charge is 2.32. The number of carboxylic acid groups (broad SMARTS) is 1. The van der Waals surface area contributed by atoms with Crippen molar-refractivity contribution in [3.63, 3.8) is 0 Å². The van der Waals surface area contributed by atoms with E-state index < -0.39 is 23.2 Å². The Hall–Kier alpha value is -3.16. The van der Waals surface area contributed by atoms with Gasteiger partial charge in [-0.15, -0.1) is 0 Å². The number of imidazole rings is 1. The molecule has 2 N–H and O–H groups in total. The summed E-state index contributed by atoms with van der Waals surface area (Å²) in [6, 6.07) is 6.17. The summed E-state index contributed by atoms with van der Waals surface area (Å²) in [6.45, 7) is 6.08. The molecule has 0 fully saturated rings. The normalized spacial score (nSPS) is 16.6. The van der Waals surface area contributed by atoms with E-state index in [1.165, 1.54) is 4.90 Å². The fraction of sp³-hybridized carbons (Fsp3) is 0.368. The zero-order valence-corrected chi connectivity index (χ0v) is 15.5. The molecule has 0 aliphatic carbocycles. The summed E-state index contributed by atoms with van der Waals surface area (Å²) < 4.78 is 1.97. The zero-order valence-electron chi connectivity index (χ0n) is 15.5. The molecule has 1 aromatic heterocycles. The number of amides is 2. The van der Waals surface area contributed by atoms with Crippen molar-refractivity contribution in [2.24, 2.45) is 0 Å². The predicted molar refractivity (Wildman–Crippen MR) is 98.1 cm³/mol. The van der Waals surface area contributed by atoms with Crippen molar-refractivity contribution in [3.8, 4) is 0 Å². The van der Waals surface area contributed by atoms with Gasteiger partial charge in [0.05, 0.1) is 11.5 Å². The minimum atomic E-state index is -1.04. The van der Waals surface area contributed by atoms with Crippen LogP contribution in [0.4, 0.5) is 5.69 Å². The van der Waals surface area contributed by atoms with Crippen molar-refractivity contribution in [2.75, 3.05) is 11.9 Å². The Labute approximate surface area is 156 Å². The summed E-state index contributed by atoms with van der Waals surface area (Å²) in [5.41, 5.74) is 0.00372. The number of hydrogen-bond acceptors (Lipinski definition) is 4. The average molecular weight is 370 g/mol. The van der Waals surface area contributed by atoms with E-state index in [9.17, 15) is 19.5 Å². The number of fused-ring (bicyclic) bond motifs is 1. The van der Waals surface area contributed by atoms with Crippen LogP contribution in [0.2, 0.25) is 0 Å². The minimum absolute atomic E-state index is 0.286. The molecule has 142 valence electrons. The number of aliphatic carboxylic acids is 1. The Kier molecular flexibility index (Phi) is 4.73. The quantitative estimate of drug-likeness (QED) is 0.802. The first-order valence-corrected chi connectivity index (χ1v) is 8.68. The third-order valence-electron chi connectivity index (χ3n) is 5.02. The van der Waals surface area contributed by atoms with E-state index in [0.717, 1.165) is 5.82 Å². The van der Waals surface area contributed by atoms with Crippen LogP contribution in [0.5, 0.6) is 0 Å². The van der Waals surface area contributed by atoms with Gasteiger partial charge in [-0.3, -0.25) is 14.4 Å². The molecule has 8 nitrogen and oxygen atoms in total.